The molecule has 0 amide bonds. The van der Waals surface area contributed by atoms with E-state index in [9.17, 15) is 8.42 Å². The zero-order valence-electron chi connectivity index (χ0n) is 9.76. The summed E-state index contributed by atoms with van der Waals surface area (Å²) in [6.45, 7) is 1.73. The third-order valence-electron chi connectivity index (χ3n) is 2.20. The summed E-state index contributed by atoms with van der Waals surface area (Å²) in [6.07, 6.45) is 1.46. The zero-order valence-corrected chi connectivity index (χ0v) is 12.1. The number of rotatable bonds is 3. The fraction of sp³-hybridized carbons (Fsp3) is 0.0909. The van der Waals surface area contributed by atoms with E-state index in [1.807, 2.05) is 0 Å². The molecule has 1 N–H and O–H groups in total. The molecule has 8 heteroatoms. The van der Waals surface area contributed by atoms with Crippen LogP contribution in [0.3, 0.4) is 0 Å². The number of nitrogens with zero attached hydrogens (tertiary/aromatic N) is 2. The Morgan fingerprint density at radius 2 is 1.95 bits per heavy atom. The first-order valence-corrected chi connectivity index (χ1v) is 7.40. The van der Waals surface area contributed by atoms with Gasteiger partial charge in [-0.2, -0.15) is 0 Å². The van der Waals surface area contributed by atoms with E-state index in [1.54, 1.807) is 13.0 Å². The zero-order chi connectivity index (χ0) is 14.0. The van der Waals surface area contributed by atoms with Crippen LogP contribution in [0.1, 0.15) is 5.69 Å². The molecule has 0 saturated carbocycles. The predicted octanol–water partition coefficient (Wildman–Crippen LogP) is 2.89. The SMILES string of the molecule is Cc1ccnc(NS(=O)(=O)c2cc(Cl)ccc2Cl)n1. The minimum Gasteiger partial charge on any atom is -0.247 e. The van der Waals surface area contributed by atoms with Crippen LogP contribution < -0.4 is 4.72 Å². The Kier molecular flexibility index (Phi) is 3.93. The van der Waals surface area contributed by atoms with E-state index in [1.165, 1.54) is 24.4 Å². The van der Waals surface area contributed by atoms with Crippen LogP contribution in [-0.4, -0.2) is 18.4 Å². The summed E-state index contributed by atoms with van der Waals surface area (Å²) >= 11 is 11.6. The van der Waals surface area contributed by atoms with E-state index in [4.69, 9.17) is 23.2 Å². The van der Waals surface area contributed by atoms with Gasteiger partial charge in [-0.3, -0.25) is 0 Å². The fourth-order valence-electron chi connectivity index (χ4n) is 1.36. The number of benzene rings is 1. The van der Waals surface area contributed by atoms with Crippen molar-refractivity contribution < 1.29 is 8.42 Å². The van der Waals surface area contributed by atoms with Crippen LogP contribution in [0.5, 0.6) is 0 Å². The van der Waals surface area contributed by atoms with Gasteiger partial charge in [-0.15, -0.1) is 0 Å². The minimum atomic E-state index is -3.87. The van der Waals surface area contributed by atoms with Crippen molar-refractivity contribution in [1.29, 1.82) is 0 Å². The second kappa shape index (κ2) is 5.32. The predicted molar refractivity (Wildman–Crippen MR) is 74.0 cm³/mol. The number of hydrogen-bond acceptors (Lipinski definition) is 4. The Morgan fingerprint density at radius 3 is 2.63 bits per heavy atom. The lowest BCUT2D eigenvalue weighted by atomic mass is 10.4. The van der Waals surface area contributed by atoms with Crippen molar-refractivity contribution in [1.82, 2.24) is 9.97 Å². The molecule has 1 heterocycles. The summed E-state index contributed by atoms with van der Waals surface area (Å²) < 4.78 is 26.6. The molecular formula is C11H9Cl2N3O2S. The van der Waals surface area contributed by atoms with E-state index in [-0.39, 0.29) is 20.9 Å². The summed E-state index contributed by atoms with van der Waals surface area (Å²) in [7, 11) is -3.87. The Hall–Kier alpha value is -1.37. The molecule has 0 aliphatic carbocycles. The summed E-state index contributed by atoms with van der Waals surface area (Å²) in [4.78, 5) is 7.66. The van der Waals surface area contributed by atoms with E-state index >= 15 is 0 Å². The van der Waals surface area contributed by atoms with Gasteiger partial charge in [0, 0.05) is 16.9 Å². The highest BCUT2D eigenvalue weighted by Gasteiger charge is 2.19. The van der Waals surface area contributed by atoms with Crippen molar-refractivity contribution in [3.05, 3.63) is 46.2 Å². The van der Waals surface area contributed by atoms with Crippen LogP contribution in [-0.2, 0) is 10.0 Å². The normalized spacial score (nSPS) is 11.3. The number of anilines is 1. The summed E-state index contributed by atoms with van der Waals surface area (Å²) in [5, 5.41) is 0.347. The lowest BCUT2D eigenvalue weighted by molar-refractivity contribution is 0.601. The van der Waals surface area contributed by atoms with Crippen molar-refractivity contribution >= 4 is 39.2 Å². The molecule has 0 unspecified atom stereocenters. The molecule has 0 spiro atoms. The van der Waals surface area contributed by atoms with Crippen molar-refractivity contribution in [3.8, 4) is 0 Å². The van der Waals surface area contributed by atoms with Gasteiger partial charge < -0.3 is 0 Å². The van der Waals surface area contributed by atoms with Crippen LogP contribution in [0.25, 0.3) is 0 Å². The quantitative estimate of drug-likeness (QED) is 0.944. The monoisotopic (exact) mass is 317 g/mol. The molecule has 0 aliphatic rings. The highest BCUT2D eigenvalue weighted by atomic mass is 35.5. The lowest BCUT2D eigenvalue weighted by Crippen LogP contribution is -2.15. The summed E-state index contributed by atoms with van der Waals surface area (Å²) in [5.41, 5.74) is 0.643. The average Bonchev–Trinajstić information content (AvgIpc) is 2.31. The number of aromatic nitrogens is 2. The van der Waals surface area contributed by atoms with Gasteiger partial charge in [0.2, 0.25) is 5.95 Å². The molecule has 2 rings (SSSR count). The number of halogens is 2. The van der Waals surface area contributed by atoms with Crippen molar-refractivity contribution in [2.24, 2.45) is 0 Å². The molecule has 1 aromatic heterocycles. The van der Waals surface area contributed by atoms with Gasteiger partial charge in [0.05, 0.1) is 5.02 Å². The van der Waals surface area contributed by atoms with Crippen molar-refractivity contribution in [3.63, 3.8) is 0 Å². The third kappa shape index (κ3) is 3.34. The molecule has 1 aromatic carbocycles. The van der Waals surface area contributed by atoms with Gasteiger partial charge in [-0.1, -0.05) is 23.2 Å². The van der Waals surface area contributed by atoms with Gasteiger partial charge in [0.25, 0.3) is 10.0 Å². The summed E-state index contributed by atoms with van der Waals surface area (Å²) in [5.74, 6) is -0.0176. The lowest BCUT2D eigenvalue weighted by Gasteiger charge is -2.08. The van der Waals surface area contributed by atoms with E-state index in [0.29, 0.717) is 5.69 Å². The number of hydrogen-bond donors (Lipinski definition) is 1. The maximum absolute atomic E-state index is 12.2. The topological polar surface area (TPSA) is 72.0 Å². The largest absolute Gasteiger partial charge is 0.265 e. The molecule has 19 heavy (non-hydrogen) atoms. The minimum absolute atomic E-state index is 0.0176. The van der Waals surface area contributed by atoms with Crippen LogP contribution in [0.4, 0.5) is 5.95 Å². The van der Waals surface area contributed by atoms with Gasteiger partial charge in [-0.25, -0.2) is 23.1 Å². The van der Waals surface area contributed by atoms with E-state index in [0.717, 1.165) is 0 Å². The Morgan fingerprint density at radius 1 is 1.21 bits per heavy atom. The number of aryl methyl sites for hydroxylation is 1. The molecule has 100 valence electrons. The molecule has 0 radical (unpaired) electrons. The Labute approximate surface area is 120 Å². The number of nitrogens with one attached hydrogen (secondary N) is 1. The molecule has 0 aliphatic heterocycles. The first kappa shape index (κ1) is 14.0. The standard InChI is InChI=1S/C11H9Cl2N3O2S/c1-7-4-5-14-11(15-7)16-19(17,18)10-6-8(12)2-3-9(10)13/h2-6H,1H3,(H,14,15,16). The molecule has 0 bridgehead atoms. The van der Waals surface area contributed by atoms with Crippen LogP contribution >= 0.6 is 23.2 Å². The van der Waals surface area contributed by atoms with Gasteiger partial charge in [0.15, 0.2) is 0 Å². The molecule has 5 nitrogen and oxygen atoms in total. The third-order valence-corrected chi connectivity index (χ3v) is 4.25. The average molecular weight is 318 g/mol. The van der Waals surface area contributed by atoms with Crippen LogP contribution in [0, 0.1) is 6.92 Å². The van der Waals surface area contributed by atoms with Gasteiger partial charge in [-0.05, 0) is 31.2 Å². The second-order valence-corrected chi connectivity index (χ2v) is 6.20. The smallest absolute Gasteiger partial charge is 0.247 e. The van der Waals surface area contributed by atoms with Crippen LogP contribution in [0.2, 0.25) is 10.0 Å². The first-order valence-electron chi connectivity index (χ1n) is 5.16. The highest BCUT2D eigenvalue weighted by molar-refractivity contribution is 7.92. The Bertz CT molecular complexity index is 720. The highest BCUT2D eigenvalue weighted by Crippen LogP contribution is 2.26. The van der Waals surface area contributed by atoms with Crippen LogP contribution in [0.15, 0.2) is 35.4 Å². The first-order chi connectivity index (χ1) is 8.88. The van der Waals surface area contributed by atoms with E-state index < -0.39 is 10.0 Å². The maximum Gasteiger partial charge on any atom is 0.265 e. The van der Waals surface area contributed by atoms with E-state index in [2.05, 4.69) is 14.7 Å². The molecular weight excluding hydrogens is 309 g/mol. The van der Waals surface area contributed by atoms with Crippen molar-refractivity contribution in [2.45, 2.75) is 11.8 Å². The van der Waals surface area contributed by atoms with Gasteiger partial charge in [0.1, 0.15) is 4.90 Å². The van der Waals surface area contributed by atoms with Crippen molar-refractivity contribution in [2.75, 3.05) is 4.72 Å². The maximum atomic E-state index is 12.2. The van der Waals surface area contributed by atoms with Gasteiger partial charge >= 0.3 is 0 Å². The summed E-state index contributed by atoms with van der Waals surface area (Å²) in [6, 6.07) is 5.84. The number of sulfonamides is 1. The molecule has 0 atom stereocenters. The second-order valence-electron chi connectivity index (χ2n) is 3.70. The fourth-order valence-corrected chi connectivity index (χ4v) is 3.07. The molecule has 2 aromatic rings. The molecule has 0 saturated heterocycles. The molecule has 0 fully saturated rings. The Balaban J connectivity index is 2.40.